The second-order valence-electron chi connectivity index (χ2n) is 6.84. The number of rotatable bonds is 4. The van der Waals surface area contributed by atoms with Gasteiger partial charge in [-0.15, -0.1) is 0 Å². The molecule has 0 heterocycles. The first-order valence-corrected chi connectivity index (χ1v) is 7.90. The maximum atomic E-state index is 13.1. The van der Waals surface area contributed by atoms with Crippen molar-refractivity contribution >= 4 is 11.9 Å². The van der Waals surface area contributed by atoms with Crippen LogP contribution in [0.4, 0.5) is 0 Å². The zero-order chi connectivity index (χ0) is 17.9. The highest BCUT2D eigenvalue weighted by molar-refractivity contribution is 5.96. The number of hydrogen-bond donors (Lipinski definition) is 1. The first kappa shape index (κ1) is 17.7. The van der Waals surface area contributed by atoms with Crippen LogP contribution in [0.2, 0.25) is 0 Å². The molecule has 0 radical (unpaired) electrons. The molecule has 1 amide bonds. The zero-order valence-corrected chi connectivity index (χ0v) is 14.5. The van der Waals surface area contributed by atoms with E-state index in [2.05, 4.69) is 0 Å². The molecule has 0 aliphatic carbocycles. The summed E-state index contributed by atoms with van der Waals surface area (Å²) in [6.45, 7) is 8.00. The van der Waals surface area contributed by atoms with Crippen molar-refractivity contribution in [3.63, 3.8) is 0 Å². The van der Waals surface area contributed by atoms with Crippen LogP contribution in [0, 0.1) is 6.92 Å². The molecule has 24 heavy (non-hydrogen) atoms. The molecule has 0 atom stereocenters. The van der Waals surface area contributed by atoms with Crippen LogP contribution >= 0.6 is 0 Å². The molecule has 0 unspecified atom stereocenters. The van der Waals surface area contributed by atoms with E-state index in [1.807, 2.05) is 45.9 Å². The second-order valence-corrected chi connectivity index (χ2v) is 6.84. The maximum absolute atomic E-state index is 13.1. The third-order valence-corrected chi connectivity index (χ3v) is 4.01. The third kappa shape index (κ3) is 3.82. The lowest BCUT2D eigenvalue weighted by molar-refractivity contribution is 0.0549. The minimum Gasteiger partial charge on any atom is -0.478 e. The molecule has 0 aliphatic heterocycles. The third-order valence-electron chi connectivity index (χ3n) is 4.01. The first-order valence-electron chi connectivity index (χ1n) is 7.90. The summed E-state index contributed by atoms with van der Waals surface area (Å²) in [5, 5.41) is 9.38. The van der Waals surface area contributed by atoms with Gasteiger partial charge in [0.25, 0.3) is 5.91 Å². The molecule has 0 aliphatic rings. The van der Waals surface area contributed by atoms with E-state index in [-0.39, 0.29) is 18.0 Å². The van der Waals surface area contributed by atoms with Crippen molar-refractivity contribution < 1.29 is 14.7 Å². The van der Waals surface area contributed by atoms with E-state index in [4.69, 9.17) is 0 Å². The van der Waals surface area contributed by atoms with Crippen LogP contribution in [0.15, 0.2) is 48.5 Å². The summed E-state index contributed by atoms with van der Waals surface area (Å²) in [5.74, 6) is -1.08. The van der Waals surface area contributed by atoms with Crippen LogP contribution in [0.3, 0.4) is 0 Å². The van der Waals surface area contributed by atoms with Crippen LogP contribution in [-0.4, -0.2) is 27.4 Å². The van der Waals surface area contributed by atoms with Gasteiger partial charge in [-0.25, -0.2) is 4.79 Å². The molecule has 0 fully saturated rings. The minimum atomic E-state index is -0.984. The monoisotopic (exact) mass is 325 g/mol. The topological polar surface area (TPSA) is 57.6 Å². The van der Waals surface area contributed by atoms with Crippen molar-refractivity contribution in [2.75, 3.05) is 0 Å². The van der Waals surface area contributed by atoms with E-state index in [0.29, 0.717) is 11.1 Å². The summed E-state index contributed by atoms with van der Waals surface area (Å²) in [7, 11) is 0. The van der Waals surface area contributed by atoms with E-state index in [1.54, 1.807) is 35.2 Å². The van der Waals surface area contributed by atoms with Crippen molar-refractivity contribution in [1.29, 1.82) is 0 Å². The van der Waals surface area contributed by atoms with Crippen LogP contribution in [-0.2, 0) is 6.54 Å². The van der Waals surface area contributed by atoms with E-state index in [9.17, 15) is 14.7 Å². The number of carboxylic acid groups (broad SMARTS) is 1. The lowest BCUT2D eigenvalue weighted by Gasteiger charge is -2.36. The predicted molar refractivity (Wildman–Crippen MR) is 94.2 cm³/mol. The number of carboxylic acids is 1. The van der Waals surface area contributed by atoms with Crippen LogP contribution < -0.4 is 0 Å². The summed E-state index contributed by atoms with van der Waals surface area (Å²) in [6, 6.07) is 14.3. The van der Waals surface area contributed by atoms with Gasteiger partial charge in [-0.05, 0) is 51.0 Å². The van der Waals surface area contributed by atoms with Gasteiger partial charge < -0.3 is 10.0 Å². The van der Waals surface area contributed by atoms with E-state index < -0.39 is 11.5 Å². The Balaban J connectivity index is 2.43. The van der Waals surface area contributed by atoms with Gasteiger partial charge in [-0.1, -0.05) is 36.4 Å². The van der Waals surface area contributed by atoms with Gasteiger partial charge in [0.1, 0.15) is 0 Å². The number of carbonyl (C=O) groups excluding carboxylic acids is 1. The van der Waals surface area contributed by atoms with Gasteiger partial charge in [0, 0.05) is 17.6 Å². The van der Waals surface area contributed by atoms with Crippen molar-refractivity contribution in [2.45, 2.75) is 39.8 Å². The Hall–Kier alpha value is -2.62. The van der Waals surface area contributed by atoms with Gasteiger partial charge >= 0.3 is 5.97 Å². The lowest BCUT2D eigenvalue weighted by Crippen LogP contribution is -2.45. The van der Waals surface area contributed by atoms with Crippen molar-refractivity contribution in [2.24, 2.45) is 0 Å². The van der Waals surface area contributed by atoms with Crippen molar-refractivity contribution in [1.82, 2.24) is 4.90 Å². The molecule has 0 saturated carbocycles. The fraction of sp³-hybridized carbons (Fsp3) is 0.300. The number of aryl methyl sites for hydroxylation is 1. The van der Waals surface area contributed by atoms with Crippen molar-refractivity contribution in [3.8, 4) is 0 Å². The molecular formula is C20H23NO3. The van der Waals surface area contributed by atoms with Gasteiger partial charge in [-0.3, -0.25) is 4.79 Å². The second kappa shape index (κ2) is 6.87. The first-order chi connectivity index (χ1) is 11.2. The molecule has 126 valence electrons. The smallest absolute Gasteiger partial charge is 0.336 e. The van der Waals surface area contributed by atoms with E-state index in [1.165, 1.54) is 0 Å². The normalized spacial score (nSPS) is 11.2. The summed E-state index contributed by atoms with van der Waals surface area (Å²) < 4.78 is 0. The Bertz CT molecular complexity index is 759. The van der Waals surface area contributed by atoms with E-state index in [0.717, 1.165) is 5.56 Å². The molecule has 4 heteroatoms. The molecule has 0 aromatic heterocycles. The summed E-state index contributed by atoms with van der Waals surface area (Å²) in [4.78, 5) is 26.2. The molecular weight excluding hydrogens is 302 g/mol. The number of aromatic carboxylic acids is 1. The molecule has 1 N–H and O–H groups in total. The Morgan fingerprint density at radius 3 is 2.04 bits per heavy atom. The summed E-state index contributed by atoms with van der Waals surface area (Å²) in [6.07, 6.45) is 0. The predicted octanol–water partition coefficient (Wildman–Crippen LogP) is 4.13. The Labute approximate surface area is 142 Å². The van der Waals surface area contributed by atoms with Crippen LogP contribution in [0.1, 0.15) is 52.6 Å². The number of amides is 1. The fourth-order valence-corrected chi connectivity index (χ4v) is 2.61. The van der Waals surface area contributed by atoms with Gasteiger partial charge in [0.15, 0.2) is 0 Å². The Morgan fingerprint density at radius 2 is 1.50 bits per heavy atom. The standard InChI is InChI=1S/C20H23NO3/c1-14-9-5-7-11-16(14)18(22)21(20(2,3)4)13-15-10-6-8-12-17(15)19(23)24/h5-12H,13H2,1-4H3,(H,23,24). The summed E-state index contributed by atoms with van der Waals surface area (Å²) in [5.41, 5.74) is 1.96. The lowest BCUT2D eigenvalue weighted by atomic mass is 9.99. The molecule has 4 nitrogen and oxygen atoms in total. The highest BCUT2D eigenvalue weighted by Crippen LogP contribution is 2.23. The molecule has 0 bridgehead atoms. The zero-order valence-electron chi connectivity index (χ0n) is 14.5. The largest absolute Gasteiger partial charge is 0.478 e. The number of nitrogens with zero attached hydrogens (tertiary/aromatic N) is 1. The SMILES string of the molecule is Cc1ccccc1C(=O)N(Cc1ccccc1C(=O)O)C(C)(C)C. The number of benzene rings is 2. The minimum absolute atomic E-state index is 0.0965. The summed E-state index contributed by atoms with van der Waals surface area (Å²) >= 11 is 0. The molecule has 2 aromatic rings. The number of carbonyl (C=O) groups is 2. The molecule has 2 rings (SSSR count). The quantitative estimate of drug-likeness (QED) is 0.919. The molecule has 0 saturated heterocycles. The van der Waals surface area contributed by atoms with Crippen LogP contribution in [0.5, 0.6) is 0 Å². The van der Waals surface area contributed by atoms with Crippen molar-refractivity contribution in [3.05, 3.63) is 70.8 Å². The van der Waals surface area contributed by atoms with E-state index >= 15 is 0 Å². The van der Waals surface area contributed by atoms with Gasteiger partial charge in [-0.2, -0.15) is 0 Å². The highest BCUT2D eigenvalue weighted by atomic mass is 16.4. The van der Waals surface area contributed by atoms with Gasteiger partial charge in [0.2, 0.25) is 0 Å². The van der Waals surface area contributed by atoms with Gasteiger partial charge in [0.05, 0.1) is 5.56 Å². The van der Waals surface area contributed by atoms with Crippen LogP contribution in [0.25, 0.3) is 0 Å². The average molecular weight is 325 g/mol. The highest BCUT2D eigenvalue weighted by Gasteiger charge is 2.29. The fourth-order valence-electron chi connectivity index (χ4n) is 2.61. The molecule has 2 aromatic carbocycles. The molecule has 0 spiro atoms. The maximum Gasteiger partial charge on any atom is 0.336 e. The Kier molecular flexibility index (Phi) is 5.07. The average Bonchev–Trinajstić information content (AvgIpc) is 2.51. The Morgan fingerprint density at radius 1 is 0.958 bits per heavy atom. The number of hydrogen-bond acceptors (Lipinski definition) is 2.